The third-order valence-corrected chi connectivity index (χ3v) is 3.84. The van der Waals surface area contributed by atoms with Crippen molar-refractivity contribution in [2.24, 2.45) is 0 Å². The molecule has 0 aliphatic heterocycles. The number of halogens is 3. The van der Waals surface area contributed by atoms with Crippen LogP contribution in [0.3, 0.4) is 0 Å². The van der Waals surface area contributed by atoms with Crippen molar-refractivity contribution < 1.29 is 21.6 Å². The van der Waals surface area contributed by atoms with Gasteiger partial charge in [0.15, 0.2) is 0 Å². The van der Waals surface area contributed by atoms with Crippen molar-refractivity contribution in [2.75, 3.05) is 11.9 Å². The van der Waals surface area contributed by atoms with Crippen molar-refractivity contribution in [3.8, 4) is 12.3 Å². The summed E-state index contributed by atoms with van der Waals surface area (Å²) in [5.74, 6) is 2.38. The first kappa shape index (κ1) is 15.4. The summed E-state index contributed by atoms with van der Waals surface area (Å²) in [7, 11) is -5.35. The standard InChI is InChI=1S/C12H12F3NO2S/c1-2-3-6-9-16-10-7-4-5-8-11(10)19(17,18)12(13,14)15/h1,4-5,7-8,16H,3,6,9H2. The van der Waals surface area contributed by atoms with E-state index in [1.807, 2.05) is 0 Å². The number of hydrogen-bond donors (Lipinski definition) is 1. The molecule has 0 amide bonds. The number of nitrogens with one attached hydrogen (secondary N) is 1. The average molecular weight is 291 g/mol. The SMILES string of the molecule is C#CCCCNc1ccccc1S(=O)(=O)C(F)(F)F. The van der Waals surface area contributed by atoms with Crippen LogP contribution in [-0.4, -0.2) is 20.5 Å². The summed E-state index contributed by atoms with van der Waals surface area (Å²) in [6, 6.07) is 4.91. The van der Waals surface area contributed by atoms with Crippen LogP contribution in [0, 0.1) is 12.3 Å². The maximum Gasteiger partial charge on any atom is 0.501 e. The molecule has 1 rings (SSSR count). The monoisotopic (exact) mass is 291 g/mol. The number of alkyl halides is 3. The highest BCUT2D eigenvalue weighted by Crippen LogP contribution is 2.34. The molecule has 0 fully saturated rings. The van der Waals surface area contributed by atoms with Crippen molar-refractivity contribution in [3.63, 3.8) is 0 Å². The summed E-state index contributed by atoms with van der Waals surface area (Å²) < 4.78 is 60.2. The van der Waals surface area contributed by atoms with E-state index in [9.17, 15) is 21.6 Å². The first-order chi connectivity index (χ1) is 8.80. The molecule has 0 bridgehead atoms. The molecule has 0 aliphatic rings. The zero-order valence-corrected chi connectivity index (χ0v) is 10.7. The lowest BCUT2D eigenvalue weighted by molar-refractivity contribution is -0.0435. The number of hydrogen-bond acceptors (Lipinski definition) is 3. The molecule has 19 heavy (non-hydrogen) atoms. The lowest BCUT2D eigenvalue weighted by Crippen LogP contribution is -2.24. The summed E-state index contributed by atoms with van der Waals surface area (Å²) in [6.45, 7) is 0.300. The van der Waals surface area contributed by atoms with Crippen molar-refractivity contribution in [3.05, 3.63) is 24.3 Å². The van der Waals surface area contributed by atoms with Crippen molar-refractivity contribution in [1.29, 1.82) is 0 Å². The number of para-hydroxylation sites is 1. The smallest absolute Gasteiger partial charge is 0.384 e. The van der Waals surface area contributed by atoms with Crippen LogP contribution in [-0.2, 0) is 9.84 Å². The molecular formula is C12H12F3NO2S. The Labute approximate surface area is 109 Å². The van der Waals surface area contributed by atoms with Gasteiger partial charge in [-0.25, -0.2) is 8.42 Å². The molecule has 0 aliphatic carbocycles. The molecule has 0 heterocycles. The highest BCUT2D eigenvalue weighted by atomic mass is 32.2. The van der Waals surface area contributed by atoms with E-state index in [0.717, 1.165) is 6.07 Å². The van der Waals surface area contributed by atoms with Gasteiger partial charge in [0, 0.05) is 13.0 Å². The second-order valence-corrected chi connectivity index (χ2v) is 5.59. The fourth-order valence-electron chi connectivity index (χ4n) is 1.39. The highest BCUT2D eigenvalue weighted by Gasteiger charge is 2.47. The summed E-state index contributed by atoms with van der Waals surface area (Å²) >= 11 is 0. The Hall–Kier alpha value is -1.68. The molecule has 104 valence electrons. The van der Waals surface area contributed by atoms with Crippen LogP contribution in [0.1, 0.15) is 12.8 Å². The Morgan fingerprint density at radius 3 is 2.47 bits per heavy atom. The quantitative estimate of drug-likeness (QED) is 0.670. The largest absolute Gasteiger partial charge is 0.501 e. The topological polar surface area (TPSA) is 46.2 Å². The Balaban J connectivity index is 3.01. The third-order valence-electron chi connectivity index (χ3n) is 2.29. The lowest BCUT2D eigenvalue weighted by atomic mass is 10.3. The summed E-state index contributed by atoms with van der Waals surface area (Å²) in [5, 5.41) is 2.65. The minimum Gasteiger partial charge on any atom is -0.384 e. The van der Waals surface area contributed by atoms with Crippen LogP contribution in [0.4, 0.5) is 18.9 Å². The van der Waals surface area contributed by atoms with Gasteiger partial charge in [0.2, 0.25) is 0 Å². The molecule has 0 unspecified atom stereocenters. The Kier molecular flexibility index (Phi) is 4.84. The van der Waals surface area contributed by atoms with Crippen LogP contribution < -0.4 is 5.32 Å². The maximum atomic E-state index is 12.5. The second kappa shape index (κ2) is 5.97. The van der Waals surface area contributed by atoms with Gasteiger partial charge < -0.3 is 5.32 Å². The minimum absolute atomic E-state index is 0.0724. The van der Waals surface area contributed by atoms with Crippen molar-refractivity contribution in [1.82, 2.24) is 0 Å². The van der Waals surface area contributed by atoms with E-state index >= 15 is 0 Å². The van der Waals surface area contributed by atoms with Gasteiger partial charge in [-0.2, -0.15) is 13.2 Å². The zero-order chi connectivity index (χ0) is 14.5. The zero-order valence-electron chi connectivity index (χ0n) is 9.87. The first-order valence-corrected chi connectivity index (χ1v) is 6.86. The van der Waals surface area contributed by atoms with Crippen LogP contribution in [0.15, 0.2) is 29.2 Å². The molecule has 1 aromatic rings. The van der Waals surface area contributed by atoms with Gasteiger partial charge in [0.1, 0.15) is 0 Å². The second-order valence-electron chi connectivity index (χ2n) is 3.68. The number of unbranched alkanes of at least 4 members (excludes halogenated alkanes) is 1. The Bertz CT molecular complexity index is 573. The molecule has 7 heteroatoms. The van der Waals surface area contributed by atoms with Crippen molar-refractivity contribution in [2.45, 2.75) is 23.2 Å². The molecule has 0 radical (unpaired) electrons. The van der Waals surface area contributed by atoms with Crippen LogP contribution in [0.25, 0.3) is 0 Å². The number of sulfone groups is 1. The van der Waals surface area contributed by atoms with E-state index in [1.165, 1.54) is 18.2 Å². The molecule has 0 spiro atoms. The molecule has 0 atom stereocenters. The number of benzene rings is 1. The van der Waals surface area contributed by atoms with E-state index in [-0.39, 0.29) is 5.69 Å². The van der Waals surface area contributed by atoms with Gasteiger partial charge in [-0.1, -0.05) is 12.1 Å². The first-order valence-electron chi connectivity index (χ1n) is 5.38. The van der Waals surface area contributed by atoms with Gasteiger partial charge in [0.05, 0.1) is 10.6 Å². The van der Waals surface area contributed by atoms with Crippen LogP contribution in [0.2, 0.25) is 0 Å². The summed E-state index contributed by atoms with van der Waals surface area (Å²) in [4.78, 5) is -0.775. The number of rotatable bonds is 5. The number of terminal acetylenes is 1. The average Bonchev–Trinajstić information content (AvgIpc) is 2.34. The Morgan fingerprint density at radius 2 is 1.89 bits per heavy atom. The van der Waals surface area contributed by atoms with Crippen molar-refractivity contribution >= 4 is 15.5 Å². The highest BCUT2D eigenvalue weighted by molar-refractivity contribution is 7.92. The van der Waals surface area contributed by atoms with E-state index in [2.05, 4.69) is 11.2 Å². The van der Waals surface area contributed by atoms with E-state index < -0.39 is 20.2 Å². The van der Waals surface area contributed by atoms with Gasteiger partial charge >= 0.3 is 5.51 Å². The fourth-order valence-corrected chi connectivity index (χ4v) is 2.32. The van der Waals surface area contributed by atoms with E-state index in [1.54, 1.807) is 0 Å². The summed E-state index contributed by atoms with van der Waals surface area (Å²) in [6.07, 6.45) is 6.04. The van der Waals surface area contributed by atoms with Gasteiger partial charge in [-0.05, 0) is 18.6 Å². The molecule has 1 N–H and O–H groups in total. The van der Waals surface area contributed by atoms with Gasteiger partial charge in [-0.3, -0.25) is 0 Å². The molecule has 0 saturated carbocycles. The van der Waals surface area contributed by atoms with E-state index in [4.69, 9.17) is 6.42 Å². The Morgan fingerprint density at radius 1 is 1.26 bits per heavy atom. The molecular weight excluding hydrogens is 279 g/mol. The molecule has 3 nitrogen and oxygen atoms in total. The molecule has 1 aromatic carbocycles. The van der Waals surface area contributed by atoms with E-state index in [0.29, 0.717) is 19.4 Å². The lowest BCUT2D eigenvalue weighted by Gasteiger charge is -2.13. The normalized spacial score (nSPS) is 11.9. The van der Waals surface area contributed by atoms with Gasteiger partial charge in [0.25, 0.3) is 9.84 Å². The van der Waals surface area contributed by atoms with Crippen LogP contribution >= 0.6 is 0 Å². The predicted octanol–water partition coefficient (Wildman–Crippen LogP) is 2.81. The third kappa shape index (κ3) is 3.64. The maximum absolute atomic E-state index is 12.5. The molecule has 0 aromatic heterocycles. The fraction of sp³-hybridized carbons (Fsp3) is 0.333. The minimum atomic E-state index is -5.35. The predicted molar refractivity (Wildman–Crippen MR) is 66.2 cm³/mol. The summed E-state index contributed by atoms with van der Waals surface area (Å²) in [5.41, 5.74) is -5.39. The number of anilines is 1. The van der Waals surface area contributed by atoms with Gasteiger partial charge in [-0.15, -0.1) is 12.3 Å². The van der Waals surface area contributed by atoms with Crippen LogP contribution in [0.5, 0.6) is 0 Å². The molecule has 0 saturated heterocycles.